The lowest BCUT2D eigenvalue weighted by atomic mass is 10.2. The van der Waals surface area contributed by atoms with Crippen LogP contribution in [0.5, 0.6) is 0 Å². The summed E-state index contributed by atoms with van der Waals surface area (Å²) in [6, 6.07) is 8.38. The van der Waals surface area contributed by atoms with Crippen molar-refractivity contribution >= 4 is 5.69 Å². The zero-order valence-corrected chi connectivity index (χ0v) is 11.5. The summed E-state index contributed by atoms with van der Waals surface area (Å²) in [6.07, 6.45) is 3.59. The summed E-state index contributed by atoms with van der Waals surface area (Å²) in [6.45, 7) is 4.42. The highest BCUT2D eigenvalue weighted by molar-refractivity contribution is 5.47. The molecule has 0 aliphatic rings. The van der Waals surface area contributed by atoms with Crippen LogP contribution in [0.15, 0.2) is 36.9 Å². The molecule has 100 valence electrons. The number of benzene rings is 1. The van der Waals surface area contributed by atoms with Crippen LogP contribution in [0.1, 0.15) is 17.8 Å². The molecule has 5 heteroatoms. The Kier molecular flexibility index (Phi) is 4.28. The Bertz CT molecular complexity index is 544. The van der Waals surface area contributed by atoms with E-state index in [1.165, 1.54) is 11.3 Å². The maximum atomic E-state index is 4.05. The molecule has 1 aromatic carbocycles. The van der Waals surface area contributed by atoms with Gasteiger partial charge in [-0.2, -0.15) is 0 Å². The Labute approximate surface area is 113 Å². The van der Waals surface area contributed by atoms with Crippen molar-refractivity contribution in [3.8, 4) is 0 Å². The van der Waals surface area contributed by atoms with E-state index in [0.29, 0.717) is 6.54 Å². The molecule has 1 aromatic heterocycles. The zero-order chi connectivity index (χ0) is 13.7. The molecule has 0 bridgehead atoms. The van der Waals surface area contributed by atoms with E-state index in [-0.39, 0.29) is 0 Å². The van der Waals surface area contributed by atoms with Crippen molar-refractivity contribution in [1.82, 2.24) is 20.2 Å². The minimum absolute atomic E-state index is 0.696. The quantitative estimate of drug-likeness (QED) is 0.742. The van der Waals surface area contributed by atoms with Crippen molar-refractivity contribution in [3.63, 3.8) is 0 Å². The SMILES string of the molecule is C=CCCc1nnnn1Cc1cccc(N(C)C)c1. The lowest BCUT2D eigenvalue weighted by Gasteiger charge is -2.13. The maximum Gasteiger partial charge on any atom is 0.151 e. The molecule has 19 heavy (non-hydrogen) atoms. The molecule has 2 aromatic rings. The van der Waals surface area contributed by atoms with Crippen molar-refractivity contribution in [3.05, 3.63) is 48.3 Å². The molecule has 0 N–H and O–H groups in total. The highest BCUT2D eigenvalue weighted by atomic mass is 15.5. The average molecular weight is 257 g/mol. The lowest BCUT2D eigenvalue weighted by molar-refractivity contribution is 0.617. The lowest BCUT2D eigenvalue weighted by Crippen LogP contribution is -2.10. The summed E-state index contributed by atoms with van der Waals surface area (Å²) in [5, 5.41) is 11.8. The normalized spacial score (nSPS) is 10.4. The number of anilines is 1. The Morgan fingerprint density at radius 1 is 1.37 bits per heavy atom. The highest BCUT2D eigenvalue weighted by Crippen LogP contribution is 2.14. The molecule has 0 atom stereocenters. The van der Waals surface area contributed by atoms with Crippen molar-refractivity contribution < 1.29 is 0 Å². The smallest absolute Gasteiger partial charge is 0.151 e. The number of nitrogens with zero attached hydrogens (tertiary/aromatic N) is 5. The van der Waals surface area contributed by atoms with E-state index in [1.807, 2.05) is 24.9 Å². The molecule has 0 fully saturated rings. The summed E-state index contributed by atoms with van der Waals surface area (Å²) in [4.78, 5) is 2.09. The first kappa shape index (κ1) is 13.3. The maximum absolute atomic E-state index is 4.05. The summed E-state index contributed by atoms with van der Waals surface area (Å²) in [7, 11) is 4.07. The molecule has 0 amide bonds. The molecule has 0 saturated heterocycles. The number of aromatic nitrogens is 4. The summed E-state index contributed by atoms with van der Waals surface area (Å²) < 4.78 is 1.85. The first-order valence-corrected chi connectivity index (χ1v) is 6.33. The van der Waals surface area contributed by atoms with Gasteiger partial charge in [0.1, 0.15) is 0 Å². The molecule has 2 rings (SSSR count). The Hall–Kier alpha value is -2.17. The van der Waals surface area contributed by atoms with Gasteiger partial charge in [0.2, 0.25) is 0 Å². The van der Waals surface area contributed by atoms with E-state index in [0.717, 1.165) is 18.7 Å². The van der Waals surface area contributed by atoms with Gasteiger partial charge in [-0.1, -0.05) is 18.2 Å². The van der Waals surface area contributed by atoms with Crippen LogP contribution < -0.4 is 4.90 Å². The van der Waals surface area contributed by atoms with Crippen LogP contribution in [0, 0.1) is 0 Å². The van der Waals surface area contributed by atoms with Gasteiger partial charge in [-0.05, 0) is 34.5 Å². The molecule has 5 nitrogen and oxygen atoms in total. The number of allylic oxidation sites excluding steroid dienone is 1. The van der Waals surface area contributed by atoms with Crippen LogP contribution in [0.4, 0.5) is 5.69 Å². The van der Waals surface area contributed by atoms with E-state index in [1.54, 1.807) is 0 Å². The van der Waals surface area contributed by atoms with E-state index >= 15 is 0 Å². The third-order valence-electron chi connectivity index (χ3n) is 2.94. The number of tetrazole rings is 1. The Morgan fingerprint density at radius 2 is 2.21 bits per heavy atom. The van der Waals surface area contributed by atoms with Gasteiger partial charge in [0.05, 0.1) is 6.54 Å². The van der Waals surface area contributed by atoms with Gasteiger partial charge in [-0.25, -0.2) is 4.68 Å². The Morgan fingerprint density at radius 3 is 2.95 bits per heavy atom. The second-order valence-electron chi connectivity index (χ2n) is 4.64. The van der Waals surface area contributed by atoms with Gasteiger partial charge in [-0.15, -0.1) is 11.7 Å². The third kappa shape index (κ3) is 3.40. The van der Waals surface area contributed by atoms with Gasteiger partial charge in [0.15, 0.2) is 5.82 Å². The van der Waals surface area contributed by atoms with Gasteiger partial charge in [-0.3, -0.25) is 0 Å². The van der Waals surface area contributed by atoms with Gasteiger partial charge in [0.25, 0.3) is 0 Å². The number of aryl methyl sites for hydroxylation is 1. The van der Waals surface area contributed by atoms with Crippen molar-refractivity contribution in [2.75, 3.05) is 19.0 Å². The largest absolute Gasteiger partial charge is 0.378 e. The van der Waals surface area contributed by atoms with Crippen LogP contribution in [0.2, 0.25) is 0 Å². The standard InChI is InChI=1S/C14H19N5/c1-4-5-9-14-15-16-17-19(14)11-12-7-6-8-13(10-12)18(2)3/h4,6-8,10H,1,5,9,11H2,2-3H3. The first-order chi connectivity index (χ1) is 9.20. The average Bonchev–Trinajstić information content (AvgIpc) is 2.84. The summed E-state index contributed by atoms with van der Waals surface area (Å²) in [5.74, 6) is 0.898. The minimum Gasteiger partial charge on any atom is -0.378 e. The van der Waals surface area contributed by atoms with Crippen molar-refractivity contribution in [1.29, 1.82) is 0 Å². The predicted octanol–water partition coefficient (Wildman–Crippen LogP) is 1.91. The summed E-state index contributed by atoms with van der Waals surface area (Å²) in [5.41, 5.74) is 2.37. The fourth-order valence-electron chi connectivity index (χ4n) is 1.86. The number of rotatable bonds is 6. The molecule has 0 aliphatic heterocycles. The van der Waals surface area contributed by atoms with Gasteiger partial charge in [0, 0.05) is 26.2 Å². The minimum atomic E-state index is 0.696. The second-order valence-corrected chi connectivity index (χ2v) is 4.64. The first-order valence-electron chi connectivity index (χ1n) is 6.33. The predicted molar refractivity (Wildman–Crippen MR) is 76.2 cm³/mol. The van der Waals surface area contributed by atoms with E-state index in [9.17, 15) is 0 Å². The summed E-state index contributed by atoms with van der Waals surface area (Å²) >= 11 is 0. The number of hydrogen-bond acceptors (Lipinski definition) is 4. The van der Waals surface area contributed by atoms with Crippen LogP contribution in [-0.2, 0) is 13.0 Å². The topological polar surface area (TPSA) is 46.8 Å². The fraction of sp³-hybridized carbons (Fsp3) is 0.357. The molecule has 0 spiro atoms. The van der Waals surface area contributed by atoms with Crippen LogP contribution in [0.25, 0.3) is 0 Å². The third-order valence-corrected chi connectivity index (χ3v) is 2.94. The van der Waals surface area contributed by atoms with E-state index in [4.69, 9.17) is 0 Å². The zero-order valence-electron chi connectivity index (χ0n) is 11.5. The van der Waals surface area contributed by atoms with Crippen LogP contribution in [-0.4, -0.2) is 34.3 Å². The van der Waals surface area contributed by atoms with Crippen molar-refractivity contribution in [2.45, 2.75) is 19.4 Å². The van der Waals surface area contributed by atoms with Crippen LogP contribution >= 0.6 is 0 Å². The Balaban J connectivity index is 2.14. The second kappa shape index (κ2) is 6.13. The highest BCUT2D eigenvalue weighted by Gasteiger charge is 2.06. The molecular weight excluding hydrogens is 238 g/mol. The van der Waals surface area contributed by atoms with Gasteiger partial charge >= 0.3 is 0 Å². The van der Waals surface area contributed by atoms with Gasteiger partial charge < -0.3 is 4.90 Å². The molecule has 0 aliphatic carbocycles. The van der Waals surface area contributed by atoms with Crippen LogP contribution in [0.3, 0.4) is 0 Å². The molecular formula is C14H19N5. The monoisotopic (exact) mass is 257 g/mol. The molecule has 0 saturated carbocycles. The molecule has 0 radical (unpaired) electrons. The molecule has 0 unspecified atom stereocenters. The van der Waals surface area contributed by atoms with E-state index in [2.05, 4.69) is 51.3 Å². The number of hydrogen-bond donors (Lipinski definition) is 0. The van der Waals surface area contributed by atoms with Crippen molar-refractivity contribution in [2.24, 2.45) is 0 Å². The van der Waals surface area contributed by atoms with E-state index < -0.39 is 0 Å². The fourth-order valence-corrected chi connectivity index (χ4v) is 1.86. The molecule has 1 heterocycles.